The van der Waals surface area contributed by atoms with Crippen LogP contribution in [0, 0.1) is 0 Å². The number of ether oxygens (including phenoxy) is 1. The van der Waals surface area contributed by atoms with E-state index in [4.69, 9.17) is 4.74 Å². The number of rotatable bonds is 4. The monoisotopic (exact) mass is 209 g/mol. The van der Waals surface area contributed by atoms with E-state index < -0.39 is 0 Å². The minimum absolute atomic E-state index is 0.0820. The molecule has 1 amide bonds. The normalized spacial score (nSPS) is 9.73. The number of phenols is 1. The van der Waals surface area contributed by atoms with Gasteiger partial charge in [-0.25, -0.2) is 0 Å². The molecule has 1 rings (SSSR count). The van der Waals surface area contributed by atoms with Gasteiger partial charge in [-0.05, 0) is 25.1 Å². The lowest BCUT2D eigenvalue weighted by Crippen LogP contribution is -2.24. The first-order valence-corrected chi connectivity index (χ1v) is 4.80. The number of aromatic hydroxyl groups is 1. The van der Waals surface area contributed by atoms with Crippen molar-refractivity contribution in [2.75, 3.05) is 13.7 Å². The SMILES string of the molecule is CCNC(=O)Cc1cc(O)ccc1OC. The van der Waals surface area contributed by atoms with Gasteiger partial charge < -0.3 is 15.2 Å². The van der Waals surface area contributed by atoms with Gasteiger partial charge in [0.25, 0.3) is 0 Å². The van der Waals surface area contributed by atoms with Gasteiger partial charge in [0.15, 0.2) is 0 Å². The molecule has 2 N–H and O–H groups in total. The van der Waals surface area contributed by atoms with Crippen molar-refractivity contribution in [3.05, 3.63) is 23.8 Å². The molecule has 4 nitrogen and oxygen atoms in total. The Kier molecular flexibility index (Phi) is 3.97. The molecule has 0 atom stereocenters. The second-order valence-corrected chi connectivity index (χ2v) is 3.13. The number of carbonyl (C=O) groups is 1. The predicted octanol–water partition coefficient (Wildman–Crippen LogP) is 1.08. The van der Waals surface area contributed by atoms with Gasteiger partial charge in [0.2, 0.25) is 5.91 Å². The average molecular weight is 209 g/mol. The quantitative estimate of drug-likeness (QED) is 0.780. The highest BCUT2D eigenvalue weighted by Crippen LogP contribution is 2.23. The molecule has 0 saturated carbocycles. The molecule has 0 radical (unpaired) electrons. The third-order valence-electron chi connectivity index (χ3n) is 1.99. The molecule has 0 heterocycles. The van der Waals surface area contributed by atoms with Crippen molar-refractivity contribution < 1.29 is 14.6 Å². The second kappa shape index (κ2) is 5.24. The minimum Gasteiger partial charge on any atom is -0.508 e. The van der Waals surface area contributed by atoms with Crippen LogP contribution in [-0.4, -0.2) is 24.7 Å². The highest BCUT2D eigenvalue weighted by atomic mass is 16.5. The maximum absolute atomic E-state index is 11.3. The number of benzene rings is 1. The fourth-order valence-electron chi connectivity index (χ4n) is 1.34. The first kappa shape index (κ1) is 11.4. The second-order valence-electron chi connectivity index (χ2n) is 3.13. The van der Waals surface area contributed by atoms with Crippen molar-refractivity contribution in [3.63, 3.8) is 0 Å². The maximum atomic E-state index is 11.3. The number of hydrogen-bond acceptors (Lipinski definition) is 3. The van der Waals surface area contributed by atoms with Crippen LogP contribution >= 0.6 is 0 Å². The lowest BCUT2D eigenvalue weighted by molar-refractivity contribution is -0.120. The van der Waals surface area contributed by atoms with E-state index in [0.717, 1.165) is 0 Å². The molecule has 0 aliphatic heterocycles. The lowest BCUT2D eigenvalue weighted by Gasteiger charge is -2.08. The van der Waals surface area contributed by atoms with Gasteiger partial charge in [0, 0.05) is 12.1 Å². The summed E-state index contributed by atoms with van der Waals surface area (Å²) in [7, 11) is 1.54. The zero-order chi connectivity index (χ0) is 11.3. The van der Waals surface area contributed by atoms with Crippen LogP contribution in [0.2, 0.25) is 0 Å². The van der Waals surface area contributed by atoms with Crippen LogP contribution in [0.25, 0.3) is 0 Å². The summed E-state index contributed by atoms with van der Waals surface area (Å²) in [6.45, 7) is 2.46. The summed E-state index contributed by atoms with van der Waals surface area (Å²) in [5.41, 5.74) is 0.684. The van der Waals surface area contributed by atoms with Crippen LogP contribution in [0.4, 0.5) is 0 Å². The molecule has 0 spiro atoms. The fraction of sp³-hybridized carbons (Fsp3) is 0.364. The van der Waals surface area contributed by atoms with Crippen LogP contribution in [0.15, 0.2) is 18.2 Å². The molecule has 1 aromatic carbocycles. The summed E-state index contributed by atoms with van der Waals surface area (Å²) < 4.78 is 5.09. The van der Waals surface area contributed by atoms with Crippen molar-refractivity contribution in [2.45, 2.75) is 13.3 Å². The van der Waals surface area contributed by atoms with E-state index in [-0.39, 0.29) is 18.1 Å². The highest BCUT2D eigenvalue weighted by Gasteiger charge is 2.08. The summed E-state index contributed by atoms with van der Waals surface area (Å²) in [5.74, 6) is 0.663. The summed E-state index contributed by atoms with van der Waals surface area (Å²) >= 11 is 0. The first-order valence-electron chi connectivity index (χ1n) is 4.80. The third-order valence-corrected chi connectivity index (χ3v) is 1.99. The van der Waals surface area contributed by atoms with Gasteiger partial charge in [0.05, 0.1) is 13.5 Å². The number of nitrogens with one attached hydrogen (secondary N) is 1. The fourth-order valence-corrected chi connectivity index (χ4v) is 1.34. The van der Waals surface area contributed by atoms with Crippen LogP contribution in [0.1, 0.15) is 12.5 Å². The molecule has 4 heteroatoms. The lowest BCUT2D eigenvalue weighted by atomic mass is 10.1. The number of carbonyl (C=O) groups excluding carboxylic acids is 1. The summed E-state index contributed by atoms with van der Waals surface area (Å²) in [4.78, 5) is 11.3. The number of methoxy groups -OCH3 is 1. The van der Waals surface area contributed by atoms with Crippen molar-refractivity contribution in [1.29, 1.82) is 0 Å². The van der Waals surface area contributed by atoms with Crippen molar-refractivity contribution in [2.24, 2.45) is 0 Å². The molecule has 0 aliphatic rings. The summed E-state index contributed by atoms with van der Waals surface area (Å²) in [6, 6.07) is 4.71. The van der Waals surface area contributed by atoms with E-state index in [9.17, 15) is 9.90 Å². The van der Waals surface area contributed by atoms with Gasteiger partial charge in [-0.15, -0.1) is 0 Å². The van der Waals surface area contributed by atoms with E-state index in [1.807, 2.05) is 6.92 Å². The largest absolute Gasteiger partial charge is 0.508 e. The van der Waals surface area contributed by atoms with E-state index in [0.29, 0.717) is 17.9 Å². The molecular weight excluding hydrogens is 194 g/mol. The van der Waals surface area contributed by atoms with E-state index in [2.05, 4.69) is 5.32 Å². The van der Waals surface area contributed by atoms with Gasteiger partial charge in [-0.2, -0.15) is 0 Å². The molecule has 0 aliphatic carbocycles. The number of amides is 1. The Balaban J connectivity index is 2.82. The van der Waals surface area contributed by atoms with Gasteiger partial charge in [-0.1, -0.05) is 0 Å². The van der Waals surface area contributed by atoms with Crippen LogP contribution in [-0.2, 0) is 11.2 Å². The molecule has 0 bridgehead atoms. The zero-order valence-corrected chi connectivity index (χ0v) is 8.91. The topological polar surface area (TPSA) is 58.6 Å². The Morgan fingerprint density at radius 3 is 2.87 bits per heavy atom. The molecule has 0 aromatic heterocycles. The Morgan fingerprint density at radius 1 is 1.53 bits per heavy atom. The van der Waals surface area contributed by atoms with E-state index in [1.54, 1.807) is 6.07 Å². The Bertz CT molecular complexity index is 350. The first-order chi connectivity index (χ1) is 7.17. The average Bonchev–Trinajstić information content (AvgIpc) is 2.18. The zero-order valence-electron chi connectivity index (χ0n) is 8.91. The molecule has 82 valence electrons. The Labute approximate surface area is 88.9 Å². The number of likely N-dealkylation sites (N-methyl/N-ethyl adjacent to an activating group) is 1. The molecular formula is C11H15NO3. The van der Waals surface area contributed by atoms with E-state index in [1.165, 1.54) is 19.2 Å². The van der Waals surface area contributed by atoms with Crippen LogP contribution in [0.5, 0.6) is 11.5 Å². The number of phenolic OH excluding ortho intramolecular Hbond substituents is 1. The van der Waals surface area contributed by atoms with Crippen molar-refractivity contribution >= 4 is 5.91 Å². The summed E-state index contributed by atoms with van der Waals surface area (Å²) in [5, 5.41) is 12.0. The number of hydrogen-bond donors (Lipinski definition) is 2. The molecule has 0 fully saturated rings. The van der Waals surface area contributed by atoms with Gasteiger partial charge >= 0.3 is 0 Å². The van der Waals surface area contributed by atoms with Crippen LogP contribution < -0.4 is 10.1 Å². The summed E-state index contributed by atoms with van der Waals surface area (Å²) in [6.07, 6.45) is 0.214. The van der Waals surface area contributed by atoms with Crippen LogP contribution in [0.3, 0.4) is 0 Å². The molecule has 0 unspecified atom stereocenters. The molecule has 1 aromatic rings. The predicted molar refractivity (Wildman–Crippen MR) is 57.0 cm³/mol. The molecule has 15 heavy (non-hydrogen) atoms. The Hall–Kier alpha value is -1.71. The molecule has 0 saturated heterocycles. The van der Waals surface area contributed by atoms with Gasteiger partial charge in [0.1, 0.15) is 11.5 Å². The van der Waals surface area contributed by atoms with Crippen molar-refractivity contribution in [3.8, 4) is 11.5 Å². The smallest absolute Gasteiger partial charge is 0.224 e. The van der Waals surface area contributed by atoms with E-state index >= 15 is 0 Å². The standard InChI is InChI=1S/C11H15NO3/c1-3-12-11(14)7-8-6-9(13)4-5-10(8)15-2/h4-6,13H,3,7H2,1-2H3,(H,12,14). The van der Waals surface area contributed by atoms with Gasteiger partial charge in [-0.3, -0.25) is 4.79 Å². The third kappa shape index (κ3) is 3.16. The highest BCUT2D eigenvalue weighted by molar-refractivity contribution is 5.79. The van der Waals surface area contributed by atoms with Crippen molar-refractivity contribution in [1.82, 2.24) is 5.32 Å². The Morgan fingerprint density at radius 2 is 2.27 bits per heavy atom. The minimum atomic E-state index is -0.0820. The maximum Gasteiger partial charge on any atom is 0.224 e.